The predicted molar refractivity (Wildman–Crippen MR) is 119 cm³/mol. The summed E-state index contributed by atoms with van der Waals surface area (Å²) >= 11 is 2.74. The Hall–Kier alpha value is -3.33. The number of esters is 2. The molecule has 0 aliphatic carbocycles. The van der Waals surface area contributed by atoms with E-state index < -0.39 is 36.1 Å². The molecule has 34 heavy (non-hydrogen) atoms. The SMILES string of the molecule is CC(=O)OCOC(=O)C1=C(CSc2nnnn2C)CSC2C(NC(=O)Cn3cccc3)C(=O)N12. The number of nitrogens with zero attached hydrogens (tertiary/aromatic N) is 6. The summed E-state index contributed by atoms with van der Waals surface area (Å²) in [6, 6.07) is 2.84. The highest BCUT2D eigenvalue weighted by Gasteiger charge is 2.54. The Labute approximate surface area is 202 Å². The summed E-state index contributed by atoms with van der Waals surface area (Å²) < 4.78 is 13.0. The first-order chi connectivity index (χ1) is 16.3. The van der Waals surface area contributed by atoms with E-state index >= 15 is 0 Å². The zero-order chi connectivity index (χ0) is 24.2. The van der Waals surface area contributed by atoms with Crippen LogP contribution in [0.2, 0.25) is 0 Å². The second-order valence-corrected chi connectivity index (χ2v) is 9.37. The molecule has 2 unspecified atom stereocenters. The maximum atomic E-state index is 13.0. The first kappa shape index (κ1) is 23.8. The van der Waals surface area contributed by atoms with Crippen molar-refractivity contribution in [2.75, 3.05) is 18.3 Å². The van der Waals surface area contributed by atoms with Crippen LogP contribution >= 0.6 is 23.5 Å². The third kappa shape index (κ3) is 5.09. The molecular weight excluding hydrogens is 486 g/mol. The van der Waals surface area contributed by atoms with E-state index in [9.17, 15) is 19.2 Å². The summed E-state index contributed by atoms with van der Waals surface area (Å²) in [4.78, 5) is 50.6. The van der Waals surface area contributed by atoms with Crippen molar-refractivity contribution in [1.82, 2.24) is 35.0 Å². The van der Waals surface area contributed by atoms with Crippen LogP contribution in [0.25, 0.3) is 0 Å². The van der Waals surface area contributed by atoms with Gasteiger partial charge < -0.3 is 19.4 Å². The lowest BCUT2D eigenvalue weighted by Crippen LogP contribution is -2.70. The predicted octanol–water partition coefficient (Wildman–Crippen LogP) is -0.478. The van der Waals surface area contributed by atoms with Gasteiger partial charge in [-0.3, -0.25) is 19.3 Å². The number of carbonyl (C=O) groups is 4. The maximum absolute atomic E-state index is 13.0. The number of amides is 2. The zero-order valence-corrected chi connectivity index (χ0v) is 19.9. The number of aromatic nitrogens is 5. The maximum Gasteiger partial charge on any atom is 0.357 e. The number of carbonyl (C=O) groups excluding carboxylic acids is 4. The summed E-state index contributed by atoms with van der Waals surface area (Å²) in [5.74, 6) is -1.36. The fourth-order valence-electron chi connectivity index (χ4n) is 3.37. The molecule has 4 heterocycles. The molecule has 1 N–H and O–H groups in total. The molecule has 0 saturated carbocycles. The molecule has 2 amide bonds. The monoisotopic (exact) mass is 507 g/mol. The number of tetrazole rings is 1. The standard InChI is InChI=1S/C19H21N7O6S2/c1-11(27)31-10-32-18(30)15-12(9-34-19-21-22-23-24(19)2)8-33-17-14(16(29)26(15)17)20-13(28)7-25-5-3-4-6-25/h3-6,14,17H,7-10H2,1-2H3,(H,20,28). The zero-order valence-electron chi connectivity index (χ0n) is 18.2. The van der Waals surface area contributed by atoms with Crippen LogP contribution in [0.5, 0.6) is 0 Å². The minimum atomic E-state index is -0.788. The van der Waals surface area contributed by atoms with Gasteiger partial charge in [-0.2, -0.15) is 0 Å². The molecule has 13 nitrogen and oxygen atoms in total. The van der Waals surface area contributed by atoms with Gasteiger partial charge in [0.15, 0.2) is 0 Å². The van der Waals surface area contributed by atoms with Crippen LogP contribution in [0.3, 0.4) is 0 Å². The van der Waals surface area contributed by atoms with Crippen molar-refractivity contribution in [2.45, 2.75) is 30.0 Å². The number of fused-ring (bicyclic) bond motifs is 1. The van der Waals surface area contributed by atoms with E-state index in [4.69, 9.17) is 9.47 Å². The molecule has 2 atom stereocenters. The second kappa shape index (κ2) is 10.3. The number of rotatable bonds is 9. The lowest BCUT2D eigenvalue weighted by molar-refractivity contribution is -0.166. The van der Waals surface area contributed by atoms with Gasteiger partial charge in [-0.05, 0) is 28.1 Å². The number of hydrogen-bond donors (Lipinski definition) is 1. The van der Waals surface area contributed by atoms with Crippen molar-refractivity contribution < 1.29 is 28.7 Å². The first-order valence-electron chi connectivity index (χ1n) is 10.1. The van der Waals surface area contributed by atoms with Crippen molar-refractivity contribution in [2.24, 2.45) is 7.05 Å². The molecule has 2 aliphatic rings. The number of nitrogens with one attached hydrogen (secondary N) is 1. The van der Waals surface area contributed by atoms with Crippen LogP contribution in [-0.2, 0) is 42.2 Å². The number of ether oxygens (including phenoxy) is 2. The first-order valence-corrected chi connectivity index (χ1v) is 12.1. The van der Waals surface area contributed by atoms with Crippen molar-refractivity contribution >= 4 is 47.3 Å². The van der Waals surface area contributed by atoms with E-state index in [-0.39, 0.29) is 18.1 Å². The highest BCUT2D eigenvalue weighted by molar-refractivity contribution is 8.01. The molecule has 0 bridgehead atoms. The van der Waals surface area contributed by atoms with Crippen LogP contribution in [0.1, 0.15) is 6.92 Å². The summed E-state index contributed by atoms with van der Waals surface area (Å²) in [5, 5.41) is 14.1. The number of hydrogen-bond acceptors (Lipinski definition) is 11. The Balaban J connectivity index is 1.48. The summed E-state index contributed by atoms with van der Waals surface area (Å²) in [7, 11) is 1.69. The molecular formula is C19H21N7O6S2. The van der Waals surface area contributed by atoms with Gasteiger partial charge in [0, 0.05) is 37.9 Å². The third-order valence-corrected chi connectivity index (χ3v) is 7.39. The average molecular weight is 508 g/mol. The molecule has 15 heteroatoms. The molecule has 2 aromatic rings. The minimum absolute atomic E-state index is 0.0783. The number of thioether (sulfide) groups is 2. The highest BCUT2D eigenvalue weighted by atomic mass is 32.2. The van der Waals surface area contributed by atoms with Gasteiger partial charge in [-0.1, -0.05) is 11.8 Å². The van der Waals surface area contributed by atoms with Crippen LogP contribution in [0.4, 0.5) is 0 Å². The number of β-lactam (4-membered cyclic amide) rings is 1. The van der Waals surface area contributed by atoms with Gasteiger partial charge >= 0.3 is 11.9 Å². The minimum Gasteiger partial charge on any atom is -0.428 e. The smallest absolute Gasteiger partial charge is 0.357 e. The van der Waals surface area contributed by atoms with Crippen LogP contribution in [0.15, 0.2) is 41.0 Å². The van der Waals surface area contributed by atoms with Gasteiger partial charge in [-0.25, -0.2) is 9.48 Å². The molecule has 0 aromatic carbocycles. The molecule has 0 spiro atoms. The Kier molecular flexibility index (Phi) is 7.21. The molecule has 1 saturated heterocycles. The van der Waals surface area contributed by atoms with Gasteiger partial charge in [0.1, 0.15) is 23.7 Å². The molecule has 1 fully saturated rings. The van der Waals surface area contributed by atoms with Gasteiger partial charge in [0.25, 0.3) is 5.91 Å². The van der Waals surface area contributed by atoms with Crippen molar-refractivity contribution in [3.63, 3.8) is 0 Å². The second-order valence-electron chi connectivity index (χ2n) is 7.32. The van der Waals surface area contributed by atoms with Gasteiger partial charge in [0.2, 0.25) is 17.9 Å². The van der Waals surface area contributed by atoms with E-state index in [1.54, 1.807) is 36.1 Å². The van der Waals surface area contributed by atoms with E-state index in [1.807, 2.05) is 0 Å². The van der Waals surface area contributed by atoms with E-state index in [2.05, 4.69) is 20.8 Å². The van der Waals surface area contributed by atoms with E-state index in [1.165, 1.54) is 40.0 Å². The van der Waals surface area contributed by atoms with Gasteiger partial charge in [-0.15, -0.1) is 16.9 Å². The Morgan fingerprint density at radius 1 is 1.26 bits per heavy atom. The fraction of sp³-hybridized carbons (Fsp3) is 0.421. The highest BCUT2D eigenvalue weighted by Crippen LogP contribution is 2.41. The lowest BCUT2D eigenvalue weighted by Gasteiger charge is -2.49. The third-order valence-electron chi connectivity index (χ3n) is 4.96. The Bertz CT molecular complexity index is 1130. The van der Waals surface area contributed by atoms with Crippen molar-refractivity contribution in [3.05, 3.63) is 35.8 Å². The molecule has 4 rings (SSSR count). The quantitative estimate of drug-likeness (QED) is 0.203. The molecule has 180 valence electrons. The Morgan fingerprint density at radius 2 is 2.03 bits per heavy atom. The summed E-state index contributed by atoms with van der Waals surface area (Å²) in [6.45, 7) is 0.703. The molecule has 0 radical (unpaired) electrons. The normalized spacial score (nSPS) is 19.4. The summed E-state index contributed by atoms with van der Waals surface area (Å²) in [6.07, 6.45) is 3.50. The largest absolute Gasteiger partial charge is 0.428 e. The van der Waals surface area contributed by atoms with E-state index in [0.717, 1.165) is 0 Å². The number of aryl methyl sites for hydroxylation is 1. The van der Waals surface area contributed by atoms with E-state index in [0.29, 0.717) is 22.2 Å². The lowest BCUT2D eigenvalue weighted by atomic mass is 10.0. The van der Waals surface area contributed by atoms with Crippen molar-refractivity contribution in [3.8, 4) is 0 Å². The Morgan fingerprint density at radius 3 is 2.71 bits per heavy atom. The van der Waals surface area contributed by atoms with Gasteiger partial charge in [0.05, 0.1) is 0 Å². The summed E-state index contributed by atoms with van der Waals surface area (Å²) in [5.41, 5.74) is 0.729. The van der Waals surface area contributed by atoms with Crippen LogP contribution < -0.4 is 5.32 Å². The topological polar surface area (TPSA) is 151 Å². The average Bonchev–Trinajstić information content (AvgIpc) is 3.46. The van der Waals surface area contributed by atoms with Crippen LogP contribution in [-0.4, -0.2) is 83.1 Å². The van der Waals surface area contributed by atoms with Crippen LogP contribution in [0, 0.1) is 0 Å². The van der Waals surface area contributed by atoms with Crippen molar-refractivity contribution in [1.29, 1.82) is 0 Å². The fourth-order valence-corrected chi connectivity index (χ4v) is 5.71. The molecule has 2 aromatic heterocycles. The molecule has 2 aliphatic heterocycles.